The molecule has 0 saturated carbocycles. The maximum atomic E-state index is 10.6. The van der Waals surface area contributed by atoms with Gasteiger partial charge < -0.3 is 0 Å². The van der Waals surface area contributed by atoms with Crippen LogP contribution in [0.2, 0.25) is 0 Å². The summed E-state index contributed by atoms with van der Waals surface area (Å²) in [4.78, 5) is 10.6. The van der Waals surface area contributed by atoms with E-state index in [2.05, 4.69) is 9.86 Å². The van der Waals surface area contributed by atoms with Gasteiger partial charge in [-0.05, 0) is 0 Å². The fraction of sp³-hybridized carbons (Fsp3) is 0.500. The van der Waals surface area contributed by atoms with Gasteiger partial charge in [0.1, 0.15) is 0 Å². The molecule has 0 fully saturated rings. The Hall–Kier alpha value is -0.0369. The van der Waals surface area contributed by atoms with Crippen molar-refractivity contribution in [2.45, 2.75) is 20.3 Å². The summed E-state index contributed by atoms with van der Waals surface area (Å²) in [6, 6.07) is 0. The van der Waals surface area contributed by atoms with Crippen LogP contribution in [0.3, 0.4) is 0 Å². The first-order valence-corrected chi connectivity index (χ1v) is 7.22. The number of hydrogen-bond donors (Lipinski definition) is 0. The molecule has 0 aromatic heterocycles. The van der Waals surface area contributed by atoms with Gasteiger partial charge in [0.25, 0.3) is 0 Å². The molecule has 60 valence electrons. The molecule has 0 radical (unpaired) electrons. The summed E-state index contributed by atoms with van der Waals surface area (Å²) in [6.07, 6.45) is 2.75. The van der Waals surface area contributed by atoms with E-state index in [1.54, 1.807) is 13.8 Å². The van der Waals surface area contributed by atoms with E-state index in [-0.39, 0.29) is 0 Å². The Morgan fingerprint density at radius 3 is 2.55 bits per heavy atom. The minimum atomic E-state index is -0.938. The number of aliphatic carboxylic acids is 1. The van der Waals surface area contributed by atoms with E-state index < -0.39 is 34.1 Å². The van der Waals surface area contributed by atoms with Gasteiger partial charge in [0.05, 0.1) is 0 Å². The summed E-state index contributed by atoms with van der Waals surface area (Å²) in [5.41, 5.74) is -0.663. The third kappa shape index (κ3) is 2.20. The number of carbonyl (C=O) groups excluding carboxylic acids is 1. The first-order valence-electron chi connectivity index (χ1n) is 3.47. The molecule has 0 aromatic carbocycles. The van der Waals surface area contributed by atoms with E-state index in [9.17, 15) is 9.90 Å². The van der Waals surface area contributed by atoms with Gasteiger partial charge in [-0.3, -0.25) is 0 Å². The molecule has 0 saturated heterocycles. The van der Waals surface area contributed by atoms with E-state index in [4.69, 9.17) is 0 Å². The topological polar surface area (TPSA) is 40.1 Å². The molecule has 1 aliphatic rings. The Kier molecular flexibility index (Phi) is 2.59. The van der Waals surface area contributed by atoms with Gasteiger partial charge >= 0.3 is 77.4 Å². The summed E-state index contributed by atoms with van der Waals surface area (Å²) < 4.78 is 3.60. The van der Waals surface area contributed by atoms with E-state index in [1.165, 1.54) is 3.21 Å². The maximum absolute atomic E-state index is 10.6. The van der Waals surface area contributed by atoms with Crippen molar-refractivity contribution < 1.29 is 9.90 Å². The van der Waals surface area contributed by atoms with Gasteiger partial charge in [-0.15, -0.1) is 0 Å². The van der Waals surface area contributed by atoms with Gasteiger partial charge in [0.15, 0.2) is 0 Å². The van der Waals surface area contributed by atoms with Crippen molar-refractivity contribution in [2.75, 3.05) is 0 Å². The van der Waals surface area contributed by atoms with Crippen LogP contribution in [0.4, 0.5) is 0 Å². The number of hydrogen-bond acceptors (Lipinski definition) is 2. The Morgan fingerprint density at radius 1 is 1.73 bits per heavy atom. The normalized spacial score (nSPS) is 15.6. The molecule has 0 aliphatic carbocycles. The summed E-state index contributed by atoms with van der Waals surface area (Å²) >= 11 is -0.475. The van der Waals surface area contributed by atoms with Gasteiger partial charge in [0, 0.05) is 0 Å². The molecule has 3 heteroatoms. The zero-order chi connectivity index (χ0) is 8.48. The van der Waals surface area contributed by atoms with Gasteiger partial charge in [-0.2, -0.15) is 0 Å². The van der Waals surface area contributed by atoms with Crippen molar-refractivity contribution in [3.8, 4) is 0 Å². The SMILES string of the molecule is CC(C)(C[C]1=[Bi][CH]=C1)C(=O)[O-]. The number of carboxylic acid groups (broad SMARTS) is 1. The van der Waals surface area contributed by atoms with E-state index in [0.717, 1.165) is 0 Å². The molecular formula is C8H10BiO2-. The third-order valence-electron chi connectivity index (χ3n) is 1.68. The Labute approximate surface area is 77.3 Å². The average molecular weight is 347 g/mol. The standard InChI is InChI=1S/C8H11O2.Bi/c1-4-5-6-8(2,3)7(9)10;/h1,4H,6H2,2-3H3,(H,9,10);/p-1. The minimum absolute atomic E-state index is 0.475. The van der Waals surface area contributed by atoms with Crippen LogP contribution in [0.1, 0.15) is 20.3 Å². The van der Waals surface area contributed by atoms with Crippen LogP contribution in [-0.2, 0) is 4.79 Å². The molecule has 0 spiro atoms. The van der Waals surface area contributed by atoms with Crippen molar-refractivity contribution in [3.05, 3.63) is 9.86 Å². The fourth-order valence-corrected chi connectivity index (χ4v) is 4.10. The van der Waals surface area contributed by atoms with Crippen molar-refractivity contribution in [3.63, 3.8) is 0 Å². The summed E-state index contributed by atoms with van der Waals surface area (Å²) in [5.74, 6) is -0.938. The van der Waals surface area contributed by atoms with Crippen LogP contribution in [0, 0.1) is 5.41 Å². The first-order chi connectivity index (χ1) is 5.02. The predicted octanol–water partition coefficient (Wildman–Crippen LogP) is -0.444. The number of carboxylic acids is 1. The number of rotatable bonds is 3. The van der Waals surface area contributed by atoms with E-state index >= 15 is 0 Å². The van der Waals surface area contributed by atoms with Gasteiger partial charge in [-0.25, -0.2) is 0 Å². The Bertz CT molecular complexity index is 238. The Morgan fingerprint density at radius 2 is 2.27 bits per heavy atom. The summed E-state index contributed by atoms with van der Waals surface area (Å²) in [5, 5.41) is 10.6. The molecular weight excluding hydrogens is 337 g/mol. The quantitative estimate of drug-likeness (QED) is 0.650. The van der Waals surface area contributed by atoms with Gasteiger partial charge in [0.2, 0.25) is 0 Å². The van der Waals surface area contributed by atoms with Crippen LogP contribution in [0.15, 0.2) is 9.86 Å². The van der Waals surface area contributed by atoms with Crippen LogP contribution >= 0.6 is 0 Å². The molecule has 0 amide bonds. The van der Waals surface area contributed by atoms with Crippen molar-refractivity contribution >= 4 is 31.9 Å². The zero-order valence-electron chi connectivity index (χ0n) is 6.63. The molecule has 0 unspecified atom stereocenters. The number of carbonyl (C=O) groups is 1. The third-order valence-corrected chi connectivity index (χ3v) is 5.33. The van der Waals surface area contributed by atoms with Crippen LogP contribution < -0.4 is 5.11 Å². The fourth-order valence-electron chi connectivity index (χ4n) is 0.809. The van der Waals surface area contributed by atoms with Crippen LogP contribution in [-0.4, -0.2) is 31.9 Å². The first kappa shape index (κ1) is 9.05. The van der Waals surface area contributed by atoms with Gasteiger partial charge in [-0.1, -0.05) is 0 Å². The molecule has 1 aliphatic heterocycles. The van der Waals surface area contributed by atoms with Crippen LogP contribution in [0.5, 0.6) is 0 Å². The Balaban J connectivity index is 2.52. The monoisotopic (exact) mass is 347 g/mol. The molecule has 0 bridgehead atoms. The second-order valence-corrected chi connectivity index (χ2v) is 7.68. The molecule has 2 nitrogen and oxygen atoms in total. The zero-order valence-corrected chi connectivity index (χ0v) is 10.1. The summed E-state index contributed by atoms with van der Waals surface area (Å²) in [6.45, 7) is 3.45. The van der Waals surface area contributed by atoms with Crippen molar-refractivity contribution in [2.24, 2.45) is 5.41 Å². The van der Waals surface area contributed by atoms with Crippen molar-refractivity contribution in [1.82, 2.24) is 0 Å². The van der Waals surface area contributed by atoms with Crippen LogP contribution in [0.25, 0.3) is 0 Å². The molecule has 1 rings (SSSR count). The van der Waals surface area contributed by atoms with E-state index in [0.29, 0.717) is 6.42 Å². The number of allylic oxidation sites excluding steroid dienone is 1. The molecule has 0 N–H and O–H groups in total. The average Bonchev–Trinajstić information content (AvgIpc) is 1.79. The summed E-state index contributed by atoms with van der Waals surface area (Å²) in [7, 11) is 0. The second-order valence-electron chi connectivity index (χ2n) is 3.28. The molecule has 0 aromatic rings. The molecule has 11 heavy (non-hydrogen) atoms. The molecule has 1 heterocycles. The molecule has 0 atom stereocenters. The van der Waals surface area contributed by atoms with Crippen molar-refractivity contribution in [1.29, 1.82) is 0 Å². The predicted molar refractivity (Wildman–Crippen MR) is 43.3 cm³/mol. The van der Waals surface area contributed by atoms with E-state index in [1.807, 2.05) is 0 Å². The second kappa shape index (κ2) is 3.14.